The highest BCUT2D eigenvalue weighted by atomic mass is 35.5. The van der Waals surface area contributed by atoms with Crippen LogP contribution in [-0.2, 0) is 13.0 Å². The standard InChI is InChI=1S/C14H16ClNO2S/c15-11-4-6-13(7-5-11)18-8-2-1-3-14-16-12(9-17)10-19-14/h4-7,10,17H,1-3,8-9H2. The molecule has 0 aliphatic carbocycles. The molecule has 0 atom stereocenters. The minimum atomic E-state index is 0.0240. The van der Waals surface area contributed by atoms with Crippen LogP contribution in [0.5, 0.6) is 5.75 Å². The molecule has 19 heavy (non-hydrogen) atoms. The van der Waals surface area contributed by atoms with Crippen molar-refractivity contribution in [2.45, 2.75) is 25.9 Å². The summed E-state index contributed by atoms with van der Waals surface area (Å²) in [6.07, 6.45) is 2.96. The Bertz CT molecular complexity index is 498. The van der Waals surface area contributed by atoms with Crippen LogP contribution >= 0.6 is 22.9 Å². The van der Waals surface area contributed by atoms with Crippen LogP contribution in [0.2, 0.25) is 5.02 Å². The zero-order valence-electron chi connectivity index (χ0n) is 10.5. The first-order valence-electron chi connectivity index (χ1n) is 6.20. The first-order chi connectivity index (χ1) is 9.28. The summed E-state index contributed by atoms with van der Waals surface area (Å²) in [6.45, 7) is 0.718. The monoisotopic (exact) mass is 297 g/mol. The normalized spacial score (nSPS) is 10.6. The summed E-state index contributed by atoms with van der Waals surface area (Å²) in [5, 5.41) is 12.6. The molecule has 0 aliphatic rings. The summed E-state index contributed by atoms with van der Waals surface area (Å²) in [6, 6.07) is 7.39. The number of hydrogen-bond donors (Lipinski definition) is 1. The molecule has 0 bridgehead atoms. The molecule has 5 heteroatoms. The van der Waals surface area contributed by atoms with E-state index in [1.165, 1.54) is 0 Å². The predicted molar refractivity (Wildman–Crippen MR) is 77.9 cm³/mol. The molecule has 1 aromatic carbocycles. The van der Waals surface area contributed by atoms with Crippen molar-refractivity contribution in [2.75, 3.05) is 6.61 Å². The van der Waals surface area contributed by atoms with Crippen molar-refractivity contribution in [1.82, 2.24) is 4.98 Å². The van der Waals surface area contributed by atoms with Crippen LogP contribution in [0.1, 0.15) is 23.5 Å². The van der Waals surface area contributed by atoms with Crippen LogP contribution in [0.25, 0.3) is 0 Å². The van der Waals surface area contributed by atoms with Gasteiger partial charge in [-0.3, -0.25) is 0 Å². The Kier molecular flexibility index (Phi) is 5.63. The third-order valence-electron chi connectivity index (χ3n) is 2.63. The van der Waals surface area contributed by atoms with Gasteiger partial charge in [0, 0.05) is 10.4 Å². The van der Waals surface area contributed by atoms with Crippen LogP contribution in [0.3, 0.4) is 0 Å². The molecule has 0 saturated carbocycles. The van der Waals surface area contributed by atoms with Gasteiger partial charge in [0.2, 0.25) is 0 Å². The zero-order chi connectivity index (χ0) is 13.5. The van der Waals surface area contributed by atoms with Gasteiger partial charge in [0.1, 0.15) is 5.75 Å². The van der Waals surface area contributed by atoms with E-state index in [0.717, 1.165) is 40.7 Å². The van der Waals surface area contributed by atoms with Gasteiger partial charge in [-0.25, -0.2) is 4.98 Å². The largest absolute Gasteiger partial charge is 0.494 e. The molecular weight excluding hydrogens is 282 g/mol. The molecule has 1 heterocycles. The zero-order valence-corrected chi connectivity index (χ0v) is 12.1. The molecule has 0 unspecified atom stereocenters. The summed E-state index contributed by atoms with van der Waals surface area (Å²) in [5.41, 5.74) is 0.761. The Morgan fingerprint density at radius 2 is 2.00 bits per heavy atom. The number of halogens is 1. The lowest BCUT2D eigenvalue weighted by molar-refractivity contribution is 0.277. The number of aliphatic hydroxyl groups excluding tert-OH is 1. The summed E-state index contributed by atoms with van der Waals surface area (Å²) in [4.78, 5) is 4.31. The lowest BCUT2D eigenvalue weighted by Crippen LogP contribution is -1.98. The van der Waals surface area contributed by atoms with Crippen LogP contribution in [0.15, 0.2) is 29.6 Å². The Morgan fingerprint density at radius 3 is 2.68 bits per heavy atom. The highest BCUT2D eigenvalue weighted by Crippen LogP contribution is 2.16. The predicted octanol–water partition coefficient (Wildman–Crippen LogP) is 3.69. The van der Waals surface area contributed by atoms with Gasteiger partial charge in [-0.15, -0.1) is 11.3 Å². The van der Waals surface area contributed by atoms with E-state index in [-0.39, 0.29) is 6.61 Å². The van der Waals surface area contributed by atoms with Gasteiger partial charge in [-0.05, 0) is 43.5 Å². The maximum absolute atomic E-state index is 8.92. The molecule has 0 radical (unpaired) electrons. The molecule has 2 aromatic rings. The van der Waals surface area contributed by atoms with Crippen LogP contribution in [0, 0.1) is 0 Å². The molecule has 0 amide bonds. The number of rotatable bonds is 7. The summed E-state index contributed by atoms with van der Waals surface area (Å²) in [5.74, 6) is 0.848. The number of aryl methyl sites for hydroxylation is 1. The van der Waals surface area contributed by atoms with Crippen LogP contribution in [0.4, 0.5) is 0 Å². The van der Waals surface area contributed by atoms with E-state index in [2.05, 4.69) is 4.98 Å². The summed E-state index contributed by atoms with van der Waals surface area (Å²) < 4.78 is 5.61. The van der Waals surface area contributed by atoms with Gasteiger partial charge in [0.05, 0.1) is 23.9 Å². The number of hydrogen-bond acceptors (Lipinski definition) is 4. The average molecular weight is 298 g/mol. The number of aromatic nitrogens is 1. The lowest BCUT2D eigenvalue weighted by atomic mass is 10.2. The maximum atomic E-state index is 8.92. The van der Waals surface area contributed by atoms with Crippen molar-refractivity contribution < 1.29 is 9.84 Å². The first kappa shape index (κ1) is 14.3. The second kappa shape index (κ2) is 7.48. The Morgan fingerprint density at radius 1 is 1.21 bits per heavy atom. The fraction of sp³-hybridized carbons (Fsp3) is 0.357. The molecule has 0 fully saturated rings. The summed E-state index contributed by atoms with van der Waals surface area (Å²) in [7, 11) is 0. The second-order valence-electron chi connectivity index (χ2n) is 4.15. The van der Waals surface area contributed by atoms with Gasteiger partial charge < -0.3 is 9.84 Å². The number of aliphatic hydroxyl groups is 1. The average Bonchev–Trinajstić information content (AvgIpc) is 2.88. The van der Waals surface area contributed by atoms with Crippen molar-refractivity contribution in [2.24, 2.45) is 0 Å². The molecule has 102 valence electrons. The number of ether oxygens (including phenoxy) is 1. The summed E-state index contributed by atoms with van der Waals surface area (Å²) >= 11 is 7.40. The van der Waals surface area contributed by atoms with E-state index in [1.54, 1.807) is 11.3 Å². The highest BCUT2D eigenvalue weighted by molar-refractivity contribution is 7.09. The molecule has 0 saturated heterocycles. The van der Waals surface area contributed by atoms with Crippen molar-refractivity contribution in [1.29, 1.82) is 0 Å². The van der Waals surface area contributed by atoms with E-state index >= 15 is 0 Å². The molecule has 0 aliphatic heterocycles. The van der Waals surface area contributed by atoms with E-state index in [9.17, 15) is 0 Å². The second-order valence-corrected chi connectivity index (χ2v) is 5.53. The van der Waals surface area contributed by atoms with Gasteiger partial charge in [0.25, 0.3) is 0 Å². The van der Waals surface area contributed by atoms with E-state index < -0.39 is 0 Å². The minimum Gasteiger partial charge on any atom is -0.494 e. The lowest BCUT2D eigenvalue weighted by Gasteiger charge is -2.05. The SMILES string of the molecule is OCc1csc(CCCCOc2ccc(Cl)cc2)n1. The van der Waals surface area contributed by atoms with Crippen molar-refractivity contribution in [3.8, 4) is 5.75 Å². The Balaban J connectivity index is 1.63. The quantitative estimate of drug-likeness (QED) is 0.793. The molecule has 1 N–H and O–H groups in total. The topological polar surface area (TPSA) is 42.4 Å². The molecule has 3 nitrogen and oxygen atoms in total. The number of thiazole rings is 1. The molecular formula is C14H16ClNO2S. The highest BCUT2D eigenvalue weighted by Gasteiger charge is 2.01. The minimum absolute atomic E-state index is 0.0240. The van der Waals surface area contributed by atoms with Crippen molar-refractivity contribution in [3.05, 3.63) is 45.4 Å². The number of benzene rings is 1. The van der Waals surface area contributed by atoms with E-state index in [1.807, 2.05) is 29.6 Å². The van der Waals surface area contributed by atoms with Gasteiger partial charge >= 0.3 is 0 Å². The van der Waals surface area contributed by atoms with Crippen LogP contribution < -0.4 is 4.74 Å². The Labute approximate surface area is 121 Å². The van der Waals surface area contributed by atoms with E-state index in [0.29, 0.717) is 6.61 Å². The van der Waals surface area contributed by atoms with Crippen LogP contribution in [-0.4, -0.2) is 16.7 Å². The smallest absolute Gasteiger partial charge is 0.119 e. The maximum Gasteiger partial charge on any atom is 0.119 e. The first-order valence-corrected chi connectivity index (χ1v) is 7.46. The molecule has 2 rings (SSSR count). The van der Waals surface area contributed by atoms with Gasteiger partial charge in [-0.1, -0.05) is 11.6 Å². The van der Waals surface area contributed by atoms with Gasteiger partial charge in [-0.2, -0.15) is 0 Å². The fourth-order valence-electron chi connectivity index (χ4n) is 1.64. The third-order valence-corrected chi connectivity index (χ3v) is 3.84. The molecule has 0 spiro atoms. The van der Waals surface area contributed by atoms with Crippen molar-refractivity contribution in [3.63, 3.8) is 0 Å². The van der Waals surface area contributed by atoms with Gasteiger partial charge in [0.15, 0.2) is 0 Å². The Hall–Kier alpha value is -1.10. The molecule has 1 aromatic heterocycles. The number of unbranched alkanes of at least 4 members (excludes halogenated alkanes) is 1. The number of nitrogens with zero attached hydrogens (tertiary/aromatic N) is 1. The fourth-order valence-corrected chi connectivity index (χ4v) is 2.59. The third kappa shape index (κ3) is 4.82. The van der Waals surface area contributed by atoms with E-state index in [4.69, 9.17) is 21.4 Å². The van der Waals surface area contributed by atoms with Crippen molar-refractivity contribution >= 4 is 22.9 Å².